The van der Waals surface area contributed by atoms with Crippen molar-refractivity contribution >= 4 is 14.0 Å². The largest absolute Gasteiger partial charge is 0.695 e. The molecule has 0 saturated heterocycles. The lowest BCUT2D eigenvalue weighted by atomic mass is 10.0. The van der Waals surface area contributed by atoms with Crippen molar-refractivity contribution in [2.24, 2.45) is 0 Å². The van der Waals surface area contributed by atoms with Crippen LogP contribution >= 0.6 is 8.25 Å². The van der Waals surface area contributed by atoms with Gasteiger partial charge < -0.3 is 0 Å². The van der Waals surface area contributed by atoms with Crippen molar-refractivity contribution in [2.75, 3.05) is 6.61 Å². The van der Waals surface area contributed by atoms with E-state index in [1.807, 2.05) is 0 Å². The van der Waals surface area contributed by atoms with Gasteiger partial charge in [0.25, 0.3) is 0 Å². The SMILES string of the molecule is O=C(CO[P+](=O)O)C(F)(F)CCc1ccccc1. The Labute approximate surface area is 104 Å². The van der Waals surface area contributed by atoms with Gasteiger partial charge in [0, 0.05) is 11.0 Å². The highest BCUT2D eigenvalue weighted by molar-refractivity contribution is 7.32. The van der Waals surface area contributed by atoms with Crippen molar-refractivity contribution in [3.05, 3.63) is 35.9 Å². The first kappa shape index (κ1) is 14.8. The Morgan fingerprint density at radius 2 is 1.94 bits per heavy atom. The van der Waals surface area contributed by atoms with Crippen molar-refractivity contribution in [1.29, 1.82) is 0 Å². The molecule has 1 unspecified atom stereocenters. The maximum absolute atomic E-state index is 13.3. The van der Waals surface area contributed by atoms with E-state index in [9.17, 15) is 18.1 Å². The van der Waals surface area contributed by atoms with Crippen LogP contribution in [0.1, 0.15) is 12.0 Å². The van der Waals surface area contributed by atoms with Gasteiger partial charge in [-0.1, -0.05) is 30.3 Å². The molecule has 7 heteroatoms. The number of Topliss-reactive ketones (excluding diaryl/α,β-unsaturated/α-hetero) is 1. The average Bonchev–Trinajstić information content (AvgIpc) is 2.34. The summed E-state index contributed by atoms with van der Waals surface area (Å²) in [5.41, 5.74) is 0.694. The lowest BCUT2D eigenvalue weighted by Crippen LogP contribution is -2.32. The number of carbonyl (C=O) groups is 1. The molecule has 0 fully saturated rings. The third-order valence-corrected chi connectivity index (χ3v) is 2.63. The van der Waals surface area contributed by atoms with Gasteiger partial charge in [-0.15, -0.1) is 9.42 Å². The third-order valence-electron chi connectivity index (χ3n) is 2.28. The van der Waals surface area contributed by atoms with Gasteiger partial charge in [0.2, 0.25) is 5.78 Å². The Hall–Kier alpha value is -1.23. The third kappa shape index (κ3) is 4.96. The van der Waals surface area contributed by atoms with Crippen LogP contribution in [0.4, 0.5) is 8.78 Å². The lowest BCUT2D eigenvalue weighted by Gasteiger charge is -2.13. The predicted molar refractivity (Wildman–Crippen MR) is 60.5 cm³/mol. The molecule has 1 rings (SSSR count). The maximum Gasteiger partial charge on any atom is 0.695 e. The molecule has 0 bridgehead atoms. The number of alkyl halides is 2. The molecule has 0 aliphatic carbocycles. The molecule has 1 N–H and O–H groups in total. The van der Waals surface area contributed by atoms with E-state index < -0.39 is 33.0 Å². The summed E-state index contributed by atoms with van der Waals surface area (Å²) in [7, 11) is -3.04. The van der Waals surface area contributed by atoms with Crippen LogP contribution in [-0.2, 0) is 20.3 Å². The average molecular weight is 277 g/mol. The molecule has 1 aromatic rings. The molecule has 0 aliphatic heterocycles. The van der Waals surface area contributed by atoms with Gasteiger partial charge >= 0.3 is 14.2 Å². The first-order valence-electron chi connectivity index (χ1n) is 5.16. The fourth-order valence-corrected chi connectivity index (χ4v) is 1.53. The minimum Gasteiger partial charge on any atom is -0.290 e. The highest BCUT2D eigenvalue weighted by atomic mass is 31.1. The number of aryl methyl sites for hydroxylation is 1. The second-order valence-corrected chi connectivity index (χ2v) is 4.36. The van der Waals surface area contributed by atoms with Crippen molar-refractivity contribution in [3.63, 3.8) is 0 Å². The summed E-state index contributed by atoms with van der Waals surface area (Å²) in [6, 6.07) is 8.56. The van der Waals surface area contributed by atoms with Crippen molar-refractivity contribution < 1.29 is 27.6 Å². The lowest BCUT2D eigenvalue weighted by molar-refractivity contribution is -0.146. The first-order valence-corrected chi connectivity index (χ1v) is 6.29. The second kappa shape index (κ2) is 6.64. The zero-order valence-electron chi connectivity index (χ0n) is 9.38. The number of hydrogen-bond acceptors (Lipinski definition) is 3. The molecule has 98 valence electrons. The van der Waals surface area contributed by atoms with Crippen LogP contribution in [0, 0.1) is 0 Å². The van der Waals surface area contributed by atoms with Crippen LogP contribution in [0.15, 0.2) is 30.3 Å². The Kier molecular flexibility index (Phi) is 5.47. The van der Waals surface area contributed by atoms with Crippen LogP contribution in [0.5, 0.6) is 0 Å². The molecule has 0 saturated carbocycles. The Bertz CT molecular complexity index is 422. The van der Waals surface area contributed by atoms with Gasteiger partial charge in [-0.3, -0.25) is 4.79 Å². The van der Waals surface area contributed by atoms with E-state index in [-0.39, 0.29) is 6.42 Å². The normalized spacial score (nSPS) is 12.3. The quantitative estimate of drug-likeness (QED) is 0.778. The first-order chi connectivity index (χ1) is 8.42. The van der Waals surface area contributed by atoms with E-state index in [1.165, 1.54) is 0 Å². The van der Waals surface area contributed by atoms with E-state index in [4.69, 9.17) is 4.89 Å². The van der Waals surface area contributed by atoms with Crippen molar-refractivity contribution in [2.45, 2.75) is 18.8 Å². The second-order valence-electron chi connectivity index (χ2n) is 3.62. The zero-order valence-corrected chi connectivity index (χ0v) is 10.3. The van der Waals surface area contributed by atoms with Crippen molar-refractivity contribution in [1.82, 2.24) is 0 Å². The highest BCUT2D eigenvalue weighted by Crippen LogP contribution is 2.24. The van der Waals surface area contributed by atoms with Gasteiger partial charge in [-0.25, -0.2) is 0 Å². The molecule has 1 atom stereocenters. The van der Waals surface area contributed by atoms with E-state index in [0.29, 0.717) is 5.56 Å². The monoisotopic (exact) mass is 277 g/mol. The number of hydrogen-bond donors (Lipinski definition) is 1. The van der Waals surface area contributed by atoms with E-state index in [0.717, 1.165) is 0 Å². The number of benzene rings is 1. The molecular formula is C11H12F2O4P+. The van der Waals surface area contributed by atoms with Crippen LogP contribution < -0.4 is 0 Å². The molecule has 0 aromatic heterocycles. The van der Waals surface area contributed by atoms with E-state index >= 15 is 0 Å². The van der Waals surface area contributed by atoms with Gasteiger partial charge in [0.1, 0.15) is 0 Å². The molecule has 0 aliphatic rings. The smallest absolute Gasteiger partial charge is 0.290 e. The standard InChI is InChI=1S/C11H11F2O4P/c12-11(13,10(14)8-17-18(15)16)7-6-9-4-2-1-3-5-9/h1-5H,6-8H2/p+1. The summed E-state index contributed by atoms with van der Waals surface area (Å²) in [4.78, 5) is 19.3. The predicted octanol–water partition coefficient (Wildman–Crippen LogP) is 2.49. The van der Waals surface area contributed by atoms with Gasteiger partial charge in [-0.05, 0) is 12.0 Å². The molecule has 0 amide bonds. The summed E-state index contributed by atoms with van der Waals surface area (Å²) < 4.78 is 40.8. The van der Waals surface area contributed by atoms with Gasteiger partial charge in [0.05, 0.1) is 0 Å². The number of halogens is 2. The maximum atomic E-state index is 13.3. The molecule has 18 heavy (non-hydrogen) atoms. The number of carbonyl (C=O) groups excluding carboxylic acids is 1. The van der Waals surface area contributed by atoms with E-state index in [1.54, 1.807) is 30.3 Å². The van der Waals surface area contributed by atoms with Crippen molar-refractivity contribution in [3.8, 4) is 0 Å². The van der Waals surface area contributed by atoms with E-state index in [2.05, 4.69) is 4.52 Å². The summed E-state index contributed by atoms with van der Waals surface area (Å²) in [6.45, 7) is -1.06. The fraction of sp³-hybridized carbons (Fsp3) is 0.364. The topological polar surface area (TPSA) is 63.6 Å². The molecule has 0 radical (unpaired) electrons. The molecule has 1 aromatic carbocycles. The Balaban J connectivity index is 2.48. The Morgan fingerprint density at radius 3 is 2.50 bits per heavy atom. The van der Waals surface area contributed by atoms with Crippen LogP contribution in [0.3, 0.4) is 0 Å². The summed E-state index contributed by atoms with van der Waals surface area (Å²) in [5, 5.41) is 0. The summed E-state index contributed by atoms with van der Waals surface area (Å²) >= 11 is 0. The van der Waals surface area contributed by atoms with Crippen LogP contribution in [0.25, 0.3) is 0 Å². The highest BCUT2D eigenvalue weighted by Gasteiger charge is 2.39. The van der Waals surface area contributed by atoms with Crippen LogP contribution in [-0.4, -0.2) is 23.2 Å². The summed E-state index contributed by atoms with van der Waals surface area (Å²) in [5.74, 6) is -5.04. The zero-order chi connectivity index (χ0) is 13.6. The molecule has 4 nitrogen and oxygen atoms in total. The van der Waals surface area contributed by atoms with Gasteiger partial charge in [0.15, 0.2) is 6.61 Å². The molecule has 0 heterocycles. The number of ketones is 1. The Morgan fingerprint density at radius 1 is 1.33 bits per heavy atom. The molecule has 0 spiro atoms. The summed E-state index contributed by atoms with van der Waals surface area (Å²) in [6.07, 6.45) is -0.605. The number of rotatable bonds is 7. The van der Waals surface area contributed by atoms with Crippen LogP contribution in [0.2, 0.25) is 0 Å². The minimum atomic E-state index is -3.55. The fourth-order valence-electron chi connectivity index (χ4n) is 1.30. The minimum absolute atomic E-state index is 0.0465. The molecular weight excluding hydrogens is 265 g/mol. The van der Waals surface area contributed by atoms with Gasteiger partial charge in [-0.2, -0.15) is 8.78 Å².